The average molecular weight is 494 g/mol. The normalized spacial score (nSPS) is 17.2. The molecule has 2 N–H and O–H groups in total. The van der Waals surface area contributed by atoms with Crippen molar-refractivity contribution >= 4 is 39.4 Å². The maximum atomic E-state index is 12.5. The van der Waals surface area contributed by atoms with Crippen LogP contribution in [-0.2, 0) is 4.79 Å². The van der Waals surface area contributed by atoms with Gasteiger partial charge in [0.1, 0.15) is 17.3 Å². The minimum absolute atomic E-state index is 0.118. The fraction of sp³-hybridized carbons (Fsp3) is 0.321. The lowest BCUT2D eigenvalue weighted by Crippen LogP contribution is -2.27. The zero-order chi connectivity index (χ0) is 25.8. The number of likely N-dealkylation sites (tertiary alicyclic amines) is 1. The summed E-state index contributed by atoms with van der Waals surface area (Å²) in [6.07, 6.45) is 5.89. The molecule has 4 aromatic rings. The number of carbonyl (C=O) groups is 2. The summed E-state index contributed by atoms with van der Waals surface area (Å²) in [4.78, 5) is 35.4. The molecule has 2 fully saturated rings. The van der Waals surface area contributed by atoms with Crippen molar-refractivity contribution in [3.63, 3.8) is 0 Å². The molecule has 0 radical (unpaired) electrons. The first-order valence-corrected chi connectivity index (χ1v) is 12.4. The number of hydrogen-bond donors (Lipinski definition) is 1. The number of fused-ring (bicyclic) bond motifs is 2. The molecule has 9 nitrogen and oxygen atoms in total. The highest BCUT2D eigenvalue weighted by molar-refractivity contribution is 6.09. The molecular weight excluding hydrogens is 466 g/mol. The van der Waals surface area contributed by atoms with Gasteiger partial charge in [-0.2, -0.15) is 5.10 Å². The third-order valence-corrected chi connectivity index (χ3v) is 7.23. The Morgan fingerprint density at radius 3 is 2.73 bits per heavy atom. The number of Topliss-reactive ketones (excluding diaryl/α,β-unsaturated/α-hetero) is 1. The van der Waals surface area contributed by atoms with Crippen LogP contribution in [0.2, 0.25) is 0 Å². The second kappa shape index (κ2) is 8.59. The van der Waals surface area contributed by atoms with Gasteiger partial charge in [0.2, 0.25) is 5.91 Å². The van der Waals surface area contributed by atoms with Crippen LogP contribution < -0.4 is 5.73 Å². The lowest BCUT2D eigenvalue weighted by molar-refractivity contribution is -0.125. The SMILES string of the molecule is C=CC(=O)N1CC[C@H](n2nc(C#Cc3ccc4c(c3)nc(C)n4C3CC3)c3c(N)ncc(C(C)=O)c32)C1. The Kier molecular flexibility index (Phi) is 5.33. The Hall–Kier alpha value is -4.45. The van der Waals surface area contributed by atoms with E-state index in [4.69, 9.17) is 15.8 Å². The van der Waals surface area contributed by atoms with Gasteiger partial charge in [0, 0.05) is 30.9 Å². The zero-order valence-electron chi connectivity index (χ0n) is 20.9. The Morgan fingerprint density at radius 2 is 2.00 bits per heavy atom. The summed E-state index contributed by atoms with van der Waals surface area (Å²) in [5, 5.41) is 5.37. The van der Waals surface area contributed by atoms with Crippen LogP contribution >= 0.6 is 0 Å². The van der Waals surface area contributed by atoms with Gasteiger partial charge in [0.25, 0.3) is 0 Å². The van der Waals surface area contributed by atoms with Crippen LogP contribution in [-0.4, -0.2) is 54.0 Å². The van der Waals surface area contributed by atoms with E-state index in [9.17, 15) is 9.59 Å². The van der Waals surface area contributed by atoms with Gasteiger partial charge in [0.15, 0.2) is 5.78 Å². The molecule has 1 saturated heterocycles. The highest BCUT2D eigenvalue weighted by atomic mass is 16.2. The number of aromatic nitrogens is 5. The zero-order valence-corrected chi connectivity index (χ0v) is 20.9. The summed E-state index contributed by atoms with van der Waals surface area (Å²) in [6, 6.07) is 6.49. The van der Waals surface area contributed by atoms with E-state index in [2.05, 4.69) is 34.0 Å². The van der Waals surface area contributed by atoms with E-state index >= 15 is 0 Å². The van der Waals surface area contributed by atoms with E-state index in [0.29, 0.717) is 47.7 Å². The summed E-state index contributed by atoms with van der Waals surface area (Å²) in [5.41, 5.74) is 10.7. The number of aryl methyl sites for hydroxylation is 1. The minimum Gasteiger partial charge on any atom is -0.383 e. The largest absolute Gasteiger partial charge is 0.383 e. The maximum Gasteiger partial charge on any atom is 0.246 e. The molecule has 9 heteroatoms. The summed E-state index contributed by atoms with van der Waals surface area (Å²) in [7, 11) is 0. The third-order valence-electron chi connectivity index (χ3n) is 7.23. The molecule has 6 rings (SSSR count). The van der Waals surface area contributed by atoms with Crippen LogP contribution in [0.25, 0.3) is 21.9 Å². The number of hydrogen-bond acceptors (Lipinski definition) is 6. The number of ketones is 1. The Labute approximate surface area is 214 Å². The molecule has 0 spiro atoms. The Bertz CT molecular complexity index is 1680. The van der Waals surface area contributed by atoms with Crippen molar-refractivity contribution in [3.8, 4) is 11.8 Å². The number of carbonyl (C=O) groups excluding carboxylic acids is 2. The second-order valence-corrected chi connectivity index (χ2v) is 9.77. The molecule has 1 saturated carbocycles. The lowest BCUT2D eigenvalue weighted by atomic mass is 10.1. The number of nitrogens with zero attached hydrogens (tertiary/aromatic N) is 6. The van der Waals surface area contributed by atoms with E-state index in [1.54, 1.807) is 9.58 Å². The van der Waals surface area contributed by atoms with Crippen molar-refractivity contribution in [3.05, 3.63) is 59.7 Å². The topological polar surface area (TPSA) is 112 Å². The van der Waals surface area contributed by atoms with Gasteiger partial charge in [-0.1, -0.05) is 12.5 Å². The molecule has 186 valence electrons. The van der Waals surface area contributed by atoms with Gasteiger partial charge in [0.05, 0.1) is 33.5 Å². The number of imidazole rings is 1. The van der Waals surface area contributed by atoms with Gasteiger partial charge in [-0.15, -0.1) is 0 Å². The van der Waals surface area contributed by atoms with E-state index in [0.717, 1.165) is 22.4 Å². The first-order valence-electron chi connectivity index (χ1n) is 12.4. The van der Waals surface area contributed by atoms with Gasteiger partial charge >= 0.3 is 0 Å². The van der Waals surface area contributed by atoms with E-state index < -0.39 is 0 Å². The van der Waals surface area contributed by atoms with Crippen molar-refractivity contribution in [1.29, 1.82) is 0 Å². The van der Waals surface area contributed by atoms with Crippen LogP contribution in [0, 0.1) is 18.8 Å². The number of amides is 1. The molecule has 1 amide bonds. The van der Waals surface area contributed by atoms with Crippen LogP contribution in [0.4, 0.5) is 5.82 Å². The predicted octanol–water partition coefficient (Wildman–Crippen LogP) is 3.57. The first kappa shape index (κ1) is 23.0. The second-order valence-electron chi connectivity index (χ2n) is 9.77. The first-order chi connectivity index (χ1) is 17.9. The number of nitrogen functional groups attached to an aromatic ring is 1. The highest BCUT2D eigenvalue weighted by Gasteiger charge is 2.31. The monoisotopic (exact) mass is 493 g/mol. The molecule has 1 aliphatic heterocycles. The van der Waals surface area contributed by atoms with Gasteiger partial charge in [-0.25, -0.2) is 9.97 Å². The van der Waals surface area contributed by atoms with Gasteiger partial charge in [-0.05, 0) is 63.3 Å². The average Bonchev–Trinajstić information content (AvgIpc) is 3.31. The molecule has 0 unspecified atom stereocenters. The number of pyridine rings is 1. The summed E-state index contributed by atoms with van der Waals surface area (Å²) >= 11 is 0. The summed E-state index contributed by atoms with van der Waals surface area (Å²) < 4.78 is 4.10. The van der Waals surface area contributed by atoms with E-state index in [1.807, 2.05) is 19.1 Å². The standard InChI is InChI=1S/C28H27N7O2/c1-4-25(37)33-12-11-20(15-33)35-27-21(16(2)36)14-30-28(29)26(27)22(32-35)9-5-18-6-10-24-23(13-18)31-17(3)34(24)19-7-8-19/h4,6,10,13-14,19-20H,1,7-8,11-12,15H2,2-3H3,(H2,29,30)/t20-/m0/s1. The molecule has 2 aliphatic rings. The fourth-order valence-electron chi connectivity index (χ4n) is 5.30. The number of anilines is 1. The number of nitrogens with two attached hydrogens (primary N) is 1. The summed E-state index contributed by atoms with van der Waals surface area (Å²) in [5.74, 6) is 7.41. The highest BCUT2D eigenvalue weighted by Crippen LogP contribution is 2.38. The van der Waals surface area contributed by atoms with Crippen molar-refractivity contribution in [2.75, 3.05) is 18.8 Å². The molecule has 4 heterocycles. The van der Waals surface area contributed by atoms with Gasteiger partial charge in [-0.3, -0.25) is 14.3 Å². The van der Waals surface area contributed by atoms with E-state index in [1.165, 1.54) is 32.0 Å². The molecule has 0 bridgehead atoms. The molecule has 37 heavy (non-hydrogen) atoms. The molecule has 3 aromatic heterocycles. The van der Waals surface area contributed by atoms with Gasteiger partial charge < -0.3 is 15.2 Å². The maximum absolute atomic E-state index is 12.5. The quantitative estimate of drug-likeness (QED) is 0.264. The smallest absolute Gasteiger partial charge is 0.246 e. The van der Waals surface area contributed by atoms with Crippen LogP contribution in [0.3, 0.4) is 0 Å². The van der Waals surface area contributed by atoms with Crippen LogP contribution in [0.1, 0.15) is 65.7 Å². The van der Waals surface area contributed by atoms with Crippen LogP contribution in [0.15, 0.2) is 37.1 Å². The van der Waals surface area contributed by atoms with Crippen molar-refractivity contribution < 1.29 is 9.59 Å². The van der Waals surface area contributed by atoms with E-state index in [-0.39, 0.29) is 23.6 Å². The predicted molar refractivity (Wildman–Crippen MR) is 141 cm³/mol. The van der Waals surface area contributed by atoms with Crippen molar-refractivity contribution in [2.24, 2.45) is 0 Å². The van der Waals surface area contributed by atoms with Crippen molar-refractivity contribution in [1.82, 2.24) is 29.2 Å². The molecule has 1 aromatic carbocycles. The fourth-order valence-corrected chi connectivity index (χ4v) is 5.30. The minimum atomic E-state index is -0.137. The third kappa shape index (κ3) is 3.85. The molecular formula is C28H27N7O2. The Balaban J connectivity index is 1.44. The Morgan fingerprint density at radius 1 is 1.19 bits per heavy atom. The lowest BCUT2D eigenvalue weighted by Gasteiger charge is -2.16. The summed E-state index contributed by atoms with van der Waals surface area (Å²) in [6.45, 7) is 8.17. The number of benzene rings is 1. The number of rotatable bonds is 4. The molecule has 1 atom stereocenters. The molecule has 1 aliphatic carbocycles. The van der Waals surface area contributed by atoms with Crippen molar-refractivity contribution in [2.45, 2.75) is 45.2 Å². The van der Waals surface area contributed by atoms with Crippen LogP contribution in [0.5, 0.6) is 0 Å².